The molecular weight excluding hydrogens is 376 g/mol. The summed E-state index contributed by atoms with van der Waals surface area (Å²) < 4.78 is 13.2. The second-order valence-corrected chi connectivity index (χ2v) is 6.34. The normalized spacial score (nSPS) is 10.4. The summed E-state index contributed by atoms with van der Waals surface area (Å²) >= 11 is 11.6. The first-order valence-corrected chi connectivity index (χ1v) is 8.47. The van der Waals surface area contributed by atoms with Gasteiger partial charge in [0.2, 0.25) is 0 Å². The molecule has 0 saturated carbocycles. The summed E-state index contributed by atoms with van der Waals surface area (Å²) in [4.78, 5) is 16.4. The third kappa shape index (κ3) is 4.71. The molecule has 2 N–H and O–H groups in total. The highest BCUT2D eigenvalue weighted by Gasteiger charge is 2.10. The van der Waals surface area contributed by atoms with Gasteiger partial charge >= 0.3 is 0 Å². The van der Waals surface area contributed by atoms with E-state index in [-0.39, 0.29) is 10.7 Å². The van der Waals surface area contributed by atoms with Gasteiger partial charge in [0.1, 0.15) is 11.5 Å². The highest BCUT2D eigenvalue weighted by Crippen LogP contribution is 2.20. The van der Waals surface area contributed by atoms with Crippen LogP contribution in [0.25, 0.3) is 0 Å². The van der Waals surface area contributed by atoms with Crippen LogP contribution in [0.1, 0.15) is 16.1 Å². The number of hydrogen-bond donors (Lipinski definition) is 2. The molecule has 0 fully saturated rings. The van der Waals surface area contributed by atoms with Gasteiger partial charge in [-0.3, -0.25) is 9.78 Å². The van der Waals surface area contributed by atoms with E-state index in [1.165, 1.54) is 24.4 Å². The molecule has 0 atom stereocenters. The Labute approximate surface area is 160 Å². The Morgan fingerprint density at radius 2 is 1.77 bits per heavy atom. The molecule has 26 heavy (non-hydrogen) atoms. The SMILES string of the molecule is O=C(Nc1ccc(F)c(Cl)c1)c1cc(NCc2ccc(Cl)cc2)ccn1. The standard InChI is InChI=1S/C19H14Cl2FN3O/c20-13-3-1-12(2-4-13)11-24-14-7-8-23-18(10-14)19(26)25-15-5-6-17(22)16(21)9-15/h1-10H,11H2,(H,23,24)(H,25,26). The van der Waals surface area contributed by atoms with Gasteiger partial charge in [-0.2, -0.15) is 0 Å². The van der Waals surface area contributed by atoms with Crippen LogP contribution in [0.3, 0.4) is 0 Å². The van der Waals surface area contributed by atoms with Crippen molar-refractivity contribution in [2.75, 3.05) is 10.6 Å². The highest BCUT2D eigenvalue weighted by molar-refractivity contribution is 6.31. The van der Waals surface area contributed by atoms with Crippen molar-refractivity contribution in [2.45, 2.75) is 6.54 Å². The predicted octanol–water partition coefficient (Wildman–Crippen LogP) is 5.39. The first kappa shape index (κ1) is 18.2. The zero-order chi connectivity index (χ0) is 18.5. The van der Waals surface area contributed by atoms with E-state index >= 15 is 0 Å². The molecule has 4 nitrogen and oxygen atoms in total. The minimum Gasteiger partial charge on any atom is -0.381 e. The molecule has 1 aromatic heterocycles. The maximum atomic E-state index is 13.2. The van der Waals surface area contributed by atoms with Crippen LogP contribution in [0.5, 0.6) is 0 Å². The molecule has 3 aromatic rings. The molecule has 1 heterocycles. The van der Waals surface area contributed by atoms with E-state index in [1.54, 1.807) is 12.1 Å². The molecule has 0 aliphatic carbocycles. The van der Waals surface area contributed by atoms with E-state index in [2.05, 4.69) is 15.6 Å². The lowest BCUT2D eigenvalue weighted by Crippen LogP contribution is -2.14. The Bertz CT molecular complexity index is 932. The van der Waals surface area contributed by atoms with Crippen molar-refractivity contribution >= 4 is 40.5 Å². The van der Waals surface area contributed by atoms with Crippen LogP contribution in [0.4, 0.5) is 15.8 Å². The molecule has 1 amide bonds. The Balaban J connectivity index is 1.66. The Hall–Kier alpha value is -2.63. The van der Waals surface area contributed by atoms with E-state index in [4.69, 9.17) is 23.2 Å². The number of pyridine rings is 1. The van der Waals surface area contributed by atoms with Crippen molar-refractivity contribution in [2.24, 2.45) is 0 Å². The first-order valence-electron chi connectivity index (χ1n) is 7.72. The van der Waals surface area contributed by atoms with Gasteiger partial charge in [0.25, 0.3) is 5.91 Å². The van der Waals surface area contributed by atoms with Crippen LogP contribution in [-0.4, -0.2) is 10.9 Å². The molecule has 0 bridgehead atoms. The Morgan fingerprint density at radius 3 is 2.50 bits per heavy atom. The van der Waals surface area contributed by atoms with Gasteiger partial charge in [0.15, 0.2) is 0 Å². The van der Waals surface area contributed by atoms with Crippen LogP contribution in [0.2, 0.25) is 10.0 Å². The average molecular weight is 390 g/mol. The number of carbonyl (C=O) groups is 1. The number of amides is 1. The zero-order valence-electron chi connectivity index (χ0n) is 13.5. The van der Waals surface area contributed by atoms with Gasteiger partial charge in [0.05, 0.1) is 5.02 Å². The molecule has 0 aliphatic heterocycles. The van der Waals surface area contributed by atoms with Crippen LogP contribution in [0, 0.1) is 5.82 Å². The summed E-state index contributed by atoms with van der Waals surface area (Å²) in [5.41, 5.74) is 2.42. The molecule has 2 aromatic carbocycles. The number of benzene rings is 2. The summed E-state index contributed by atoms with van der Waals surface area (Å²) in [6, 6.07) is 14.8. The molecule has 0 spiro atoms. The lowest BCUT2D eigenvalue weighted by Gasteiger charge is -2.09. The van der Waals surface area contributed by atoms with Crippen LogP contribution in [-0.2, 0) is 6.54 Å². The second-order valence-electron chi connectivity index (χ2n) is 5.49. The van der Waals surface area contributed by atoms with Gasteiger partial charge < -0.3 is 10.6 Å². The fraction of sp³-hybridized carbons (Fsp3) is 0.0526. The summed E-state index contributed by atoms with van der Waals surface area (Å²) in [5.74, 6) is -0.959. The summed E-state index contributed by atoms with van der Waals surface area (Å²) in [6.07, 6.45) is 1.54. The lowest BCUT2D eigenvalue weighted by atomic mass is 10.2. The molecule has 3 rings (SSSR count). The molecule has 0 saturated heterocycles. The summed E-state index contributed by atoms with van der Waals surface area (Å²) in [5, 5.41) is 6.48. The Morgan fingerprint density at radius 1 is 1.00 bits per heavy atom. The second kappa shape index (κ2) is 8.17. The third-order valence-electron chi connectivity index (χ3n) is 3.58. The number of aromatic nitrogens is 1. The lowest BCUT2D eigenvalue weighted by molar-refractivity contribution is 0.102. The molecule has 0 unspecified atom stereocenters. The Kier molecular flexibility index (Phi) is 5.71. The molecular formula is C19H14Cl2FN3O. The summed E-state index contributed by atoms with van der Waals surface area (Å²) in [7, 11) is 0. The average Bonchev–Trinajstić information content (AvgIpc) is 2.64. The topological polar surface area (TPSA) is 54.0 Å². The van der Waals surface area contributed by atoms with Gasteiger partial charge in [-0.15, -0.1) is 0 Å². The van der Waals surface area contributed by atoms with E-state index < -0.39 is 11.7 Å². The fourth-order valence-corrected chi connectivity index (χ4v) is 2.55. The van der Waals surface area contributed by atoms with Crippen LogP contribution in [0.15, 0.2) is 60.8 Å². The monoisotopic (exact) mass is 389 g/mol. The molecule has 7 heteroatoms. The third-order valence-corrected chi connectivity index (χ3v) is 4.12. The first-order chi connectivity index (χ1) is 12.5. The van der Waals surface area contributed by atoms with Crippen molar-refractivity contribution in [3.8, 4) is 0 Å². The van der Waals surface area contributed by atoms with Crippen molar-refractivity contribution in [3.63, 3.8) is 0 Å². The van der Waals surface area contributed by atoms with Gasteiger partial charge in [-0.25, -0.2) is 4.39 Å². The number of rotatable bonds is 5. The van der Waals surface area contributed by atoms with E-state index in [0.717, 1.165) is 11.3 Å². The van der Waals surface area contributed by atoms with Crippen molar-refractivity contribution in [1.82, 2.24) is 4.98 Å². The van der Waals surface area contributed by atoms with Gasteiger partial charge in [0, 0.05) is 29.1 Å². The van der Waals surface area contributed by atoms with Gasteiger partial charge in [-0.05, 0) is 48.0 Å². The van der Waals surface area contributed by atoms with Crippen LogP contribution < -0.4 is 10.6 Å². The molecule has 132 valence electrons. The van der Waals surface area contributed by atoms with Crippen molar-refractivity contribution in [3.05, 3.63) is 87.9 Å². The minimum absolute atomic E-state index is 0.0610. The molecule has 0 radical (unpaired) electrons. The van der Waals surface area contributed by atoms with E-state index in [0.29, 0.717) is 17.3 Å². The van der Waals surface area contributed by atoms with E-state index in [9.17, 15) is 9.18 Å². The quantitative estimate of drug-likeness (QED) is 0.614. The number of carbonyl (C=O) groups excluding carboxylic acids is 1. The fourth-order valence-electron chi connectivity index (χ4n) is 2.24. The zero-order valence-corrected chi connectivity index (χ0v) is 15.0. The highest BCUT2D eigenvalue weighted by atomic mass is 35.5. The number of nitrogens with zero attached hydrogens (tertiary/aromatic N) is 1. The summed E-state index contributed by atoms with van der Waals surface area (Å²) in [6.45, 7) is 0.579. The number of hydrogen-bond acceptors (Lipinski definition) is 3. The van der Waals surface area contributed by atoms with E-state index in [1.807, 2.05) is 24.3 Å². The van der Waals surface area contributed by atoms with Gasteiger partial charge in [-0.1, -0.05) is 35.3 Å². The predicted molar refractivity (Wildman–Crippen MR) is 102 cm³/mol. The minimum atomic E-state index is -0.545. The van der Waals surface area contributed by atoms with Crippen molar-refractivity contribution < 1.29 is 9.18 Å². The number of nitrogens with one attached hydrogen (secondary N) is 2. The van der Waals surface area contributed by atoms with Crippen molar-refractivity contribution in [1.29, 1.82) is 0 Å². The largest absolute Gasteiger partial charge is 0.381 e. The number of anilines is 2. The smallest absolute Gasteiger partial charge is 0.274 e. The molecule has 0 aliphatic rings. The number of halogens is 3. The maximum Gasteiger partial charge on any atom is 0.274 e. The maximum absolute atomic E-state index is 13.2. The van der Waals surface area contributed by atoms with Crippen LogP contribution >= 0.6 is 23.2 Å².